The van der Waals surface area contributed by atoms with Crippen molar-refractivity contribution in [1.82, 2.24) is 5.32 Å². The van der Waals surface area contributed by atoms with Crippen molar-refractivity contribution in [3.63, 3.8) is 0 Å². The Balaban J connectivity index is 2.25. The average molecular weight is 207 g/mol. The summed E-state index contributed by atoms with van der Waals surface area (Å²) < 4.78 is 0. The van der Waals surface area contributed by atoms with E-state index in [1.54, 1.807) is 0 Å². The van der Waals surface area contributed by atoms with Crippen molar-refractivity contribution in [2.75, 3.05) is 6.61 Å². The molecule has 0 unspecified atom stereocenters. The van der Waals surface area contributed by atoms with Crippen molar-refractivity contribution in [3.8, 4) is 0 Å². The lowest BCUT2D eigenvalue weighted by molar-refractivity contribution is 0.241. The molecule has 84 valence electrons. The van der Waals surface area contributed by atoms with Gasteiger partial charge in [-0.3, -0.25) is 0 Å². The summed E-state index contributed by atoms with van der Waals surface area (Å²) in [5, 5.41) is 12.3. The number of aliphatic hydroxyl groups excluding tert-OH is 1. The summed E-state index contributed by atoms with van der Waals surface area (Å²) in [6, 6.07) is 11.1. The van der Waals surface area contributed by atoms with Crippen LogP contribution in [0.3, 0.4) is 0 Å². The third-order valence-electron chi connectivity index (χ3n) is 2.55. The molecular weight excluding hydrogens is 186 g/mol. The average Bonchev–Trinajstić information content (AvgIpc) is 2.27. The maximum absolute atomic E-state index is 8.91. The second kappa shape index (κ2) is 6.59. The summed E-state index contributed by atoms with van der Waals surface area (Å²) in [7, 11) is 0. The van der Waals surface area contributed by atoms with Crippen molar-refractivity contribution in [1.29, 1.82) is 0 Å². The van der Waals surface area contributed by atoms with Gasteiger partial charge in [-0.15, -0.1) is 0 Å². The van der Waals surface area contributed by atoms with E-state index >= 15 is 0 Å². The van der Waals surface area contributed by atoms with E-state index in [9.17, 15) is 0 Å². The lowest BCUT2D eigenvalue weighted by atomic mass is 10.1. The Kier molecular flexibility index (Phi) is 5.37. The lowest BCUT2D eigenvalue weighted by Gasteiger charge is -2.18. The minimum atomic E-state index is 0.191. The number of aliphatic hydroxyl groups is 1. The molecule has 0 amide bonds. The molecular formula is C13H21NO. The minimum Gasteiger partial charge on any atom is -0.395 e. The van der Waals surface area contributed by atoms with E-state index in [-0.39, 0.29) is 12.6 Å². The smallest absolute Gasteiger partial charge is 0.0582 e. The van der Waals surface area contributed by atoms with Crippen LogP contribution in [-0.4, -0.2) is 23.8 Å². The van der Waals surface area contributed by atoms with Gasteiger partial charge in [0.25, 0.3) is 0 Å². The van der Waals surface area contributed by atoms with E-state index in [0.29, 0.717) is 6.04 Å². The van der Waals surface area contributed by atoms with Crippen LogP contribution in [0.1, 0.15) is 25.8 Å². The van der Waals surface area contributed by atoms with E-state index in [1.165, 1.54) is 5.56 Å². The van der Waals surface area contributed by atoms with Gasteiger partial charge in [-0.1, -0.05) is 30.3 Å². The zero-order chi connectivity index (χ0) is 11.1. The van der Waals surface area contributed by atoms with Crippen LogP contribution in [0, 0.1) is 0 Å². The Morgan fingerprint density at radius 2 is 1.80 bits per heavy atom. The van der Waals surface area contributed by atoms with Crippen LogP contribution in [0.4, 0.5) is 0 Å². The highest BCUT2D eigenvalue weighted by molar-refractivity contribution is 5.14. The monoisotopic (exact) mass is 207 g/mol. The second-order valence-corrected chi connectivity index (χ2v) is 4.18. The van der Waals surface area contributed by atoms with Crippen LogP contribution < -0.4 is 5.32 Å². The first kappa shape index (κ1) is 12.2. The number of aryl methyl sites for hydroxylation is 1. The number of hydrogen-bond donors (Lipinski definition) is 2. The maximum atomic E-state index is 8.91. The fourth-order valence-electron chi connectivity index (χ4n) is 1.65. The molecule has 0 bridgehead atoms. The summed E-state index contributed by atoms with van der Waals surface area (Å²) in [6.45, 7) is 4.36. The van der Waals surface area contributed by atoms with Gasteiger partial charge in [0.1, 0.15) is 0 Å². The van der Waals surface area contributed by atoms with Gasteiger partial charge in [-0.05, 0) is 32.3 Å². The molecule has 1 rings (SSSR count). The summed E-state index contributed by atoms with van der Waals surface area (Å²) in [4.78, 5) is 0. The molecule has 1 aromatic rings. The van der Waals surface area contributed by atoms with Crippen LogP contribution in [0.25, 0.3) is 0 Å². The lowest BCUT2D eigenvalue weighted by Crippen LogP contribution is -2.36. The van der Waals surface area contributed by atoms with Gasteiger partial charge in [0, 0.05) is 12.1 Å². The maximum Gasteiger partial charge on any atom is 0.0582 e. The van der Waals surface area contributed by atoms with Crippen LogP contribution in [0.2, 0.25) is 0 Å². The first-order chi connectivity index (χ1) is 7.22. The van der Waals surface area contributed by atoms with Gasteiger partial charge in [0.2, 0.25) is 0 Å². The van der Waals surface area contributed by atoms with Crippen LogP contribution in [0.5, 0.6) is 0 Å². The van der Waals surface area contributed by atoms with Crippen LogP contribution in [0.15, 0.2) is 30.3 Å². The molecule has 0 heterocycles. The summed E-state index contributed by atoms with van der Waals surface area (Å²) in [6.07, 6.45) is 2.20. The van der Waals surface area contributed by atoms with Gasteiger partial charge < -0.3 is 10.4 Å². The van der Waals surface area contributed by atoms with Crippen LogP contribution in [-0.2, 0) is 6.42 Å². The Hall–Kier alpha value is -0.860. The molecule has 0 aliphatic rings. The fourth-order valence-corrected chi connectivity index (χ4v) is 1.65. The Bertz CT molecular complexity index is 260. The van der Waals surface area contributed by atoms with Crippen LogP contribution >= 0.6 is 0 Å². The quantitative estimate of drug-likeness (QED) is 0.747. The van der Waals surface area contributed by atoms with E-state index in [2.05, 4.69) is 36.5 Å². The summed E-state index contributed by atoms with van der Waals surface area (Å²) in [5.74, 6) is 0. The Morgan fingerprint density at radius 3 is 2.40 bits per heavy atom. The first-order valence-electron chi connectivity index (χ1n) is 5.63. The van der Waals surface area contributed by atoms with Gasteiger partial charge in [-0.2, -0.15) is 0 Å². The highest BCUT2D eigenvalue weighted by Crippen LogP contribution is 2.05. The largest absolute Gasteiger partial charge is 0.395 e. The number of nitrogens with one attached hydrogen (secondary N) is 1. The first-order valence-corrected chi connectivity index (χ1v) is 5.63. The highest BCUT2D eigenvalue weighted by atomic mass is 16.3. The molecule has 0 saturated heterocycles. The molecule has 15 heavy (non-hydrogen) atoms. The Labute approximate surface area is 92.3 Å². The van der Waals surface area contributed by atoms with Gasteiger partial charge in [0.15, 0.2) is 0 Å². The minimum absolute atomic E-state index is 0.191. The summed E-state index contributed by atoms with van der Waals surface area (Å²) >= 11 is 0. The third kappa shape index (κ3) is 4.96. The zero-order valence-electron chi connectivity index (χ0n) is 9.61. The zero-order valence-corrected chi connectivity index (χ0v) is 9.61. The van der Waals surface area contributed by atoms with E-state index in [0.717, 1.165) is 12.8 Å². The van der Waals surface area contributed by atoms with E-state index in [1.807, 2.05) is 13.0 Å². The van der Waals surface area contributed by atoms with E-state index < -0.39 is 0 Å². The standard InChI is InChI=1S/C13H21NO/c1-11(14-12(2)10-15)8-9-13-6-4-3-5-7-13/h3-7,11-12,14-15H,8-10H2,1-2H3/t11-,12-/m0/s1. The molecule has 0 saturated carbocycles. The van der Waals surface area contributed by atoms with Crippen molar-refractivity contribution < 1.29 is 5.11 Å². The molecule has 1 aromatic carbocycles. The highest BCUT2D eigenvalue weighted by Gasteiger charge is 2.05. The van der Waals surface area contributed by atoms with E-state index in [4.69, 9.17) is 5.11 Å². The number of benzene rings is 1. The van der Waals surface area contributed by atoms with Gasteiger partial charge in [0.05, 0.1) is 6.61 Å². The molecule has 0 radical (unpaired) electrons. The molecule has 2 nitrogen and oxygen atoms in total. The molecule has 0 fully saturated rings. The third-order valence-corrected chi connectivity index (χ3v) is 2.55. The molecule has 0 aliphatic heterocycles. The molecule has 0 spiro atoms. The van der Waals surface area contributed by atoms with Gasteiger partial charge >= 0.3 is 0 Å². The normalized spacial score (nSPS) is 14.9. The molecule has 2 N–H and O–H groups in total. The second-order valence-electron chi connectivity index (χ2n) is 4.18. The molecule has 0 aliphatic carbocycles. The van der Waals surface area contributed by atoms with Crippen molar-refractivity contribution in [2.24, 2.45) is 0 Å². The molecule has 2 atom stereocenters. The van der Waals surface area contributed by atoms with Crippen molar-refractivity contribution in [2.45, 2.75) is 38.8 Å². The number of hydrogen-bond acceptors (Lipinski definition) is 2. The van der Waals surface area contributed by atoms with Crippen molar-refractivity contribution in [3.05, 3.63) is 35.9 Å². The topological polar surface area (TPSA) is 32.3 Å². The molecule has 2 heteroatoms. The Morgan fingerprint density at radius 1 is 1.13 bits per heavy atom. The SMILES string of the molecule is C[C@@H](CO)N[C@@H](C)CCc1ccccc1. The number of rotatable bonds is 6. The molecule has 0 aromatic heterocycles. The predicted octanol–water partition coefficient (Wildman–Crippen LogP) is 1.98. The van der Waals surface area contributed by atoms with Gasteiger partial charge in [-0.25, -0.2) is 0 Å². The fraction of sp³-hybridized carbons (Fsp3) is 0.538. The van der Waals surface area contributed by atoms with Crippen molar-refractivity contribution >= 4 is 0 Å². The predicted molar refractivity (Wildman–Crippen MR) is 63.9 cm³/mol. The summed E-state index contributed by atoms with van der Waals surface area (Å²) in [5.41, 5.74) is 1.38.